The lowest BCUT2D eigenvalue weighted by Crippen LogP contribution is -2.08. The van der Waals surface area contributed by atoms with Gasteiger partial charge in [0.2, 0.25) is 5.91 Å². The second kappa shape index (κ2) is 7.75. The Hall–Kier alpha value is -2.66. The van der Waals surface area contributed by atoms with Crippen LogP contribution in [0.1, 0.15) is 11.1 Å². The Morgan fingerprint density at radius 3 is 2.83 bits per heavy atom. The Morgan fingerprint density at radius 2 is 2.04 bits per heavy atom. The largest absolute Gasteiger partial charge is 0.323 e. The van der Waals surface area contributed by atoms with Gasteiger partial charge in [-0.25, -0.2) is 0 Å². The van der Waals surface area contributed by atoms with E-state index in [2.05, 4.69) is 26.3 Å². The van der Waals surface area contributed by atoms with Crippen molar-refractivity contribution in [3.05, 3.63) is 88.7 Å². The first kappa shape index (κ1) is 16.2. The number of aromatic nitrogens is 2. The average Bonchev–Trinajstić information content (AvgIpc) is 3.06. The van der Waals surface area contributed by atoms with Crippen LogP contribution in [0.2, 0.25) is 0 Å². The molecule has 1 heterocycles. The molecule has 3 rings (SSSR count). The van der Waals surface area contributed by atoms with Crippen LogP contribution in [-0.4, -0.2) is 15.7 Å². The molecule has 0 unspecified atom stereocenters. The van der Waals surface area contributed by atoms with Gasteiger partial charge in [-0.1, -0.05) is 40.2 Å². The fourth-order valence-corrected chi connectivity index (χ4v) is 2.71. The van der Waals surface area contributed by atoms with Crippen molar-refractivity contribution in [3.8, 4) is 0 Å². The number of nitrogens with zero attached hydrogens (tertiary/aromatic N) is 2. The van der Waals surface area contributed by atoms with Gasteiger partial charge in [-0.15, -0.1) is 0 Å². The van der Waals surface area contributed by atoms with Crippen LogP contribution in [0.25, 0.3) is 6.08 Å². The van der Waals surface area contributed by atoms with Crippen molar-refractivity contribution in [1.82, 2.24) is 9.78 Å². The van der Waals surface area contributed by atoms with Gasteiger partial charge in [0, 0.05) is 28.6 Å². The van der Waals surface area contributed by atoms with Crippen LogP contribution in [-0.2, 0) is 11.3 Å². The normalized spacial score (nSPS) is 10.9. The third-order valence-electron chi connectivity index (χ3n) is 3.37. The molecule has 0 saturated heterocycles. The van der Waals surface area contributed by atoms with Crippen LogP contribution in [0.15, 0.2) is 77.5 Å². The lowest BCUT2D eigenvalue weighted by molar-refractivity contribution is -0.111. The van der Waals surface area contributed by atoms with Crippen molar-refractivity contribution in [3.63, 3.8) is 0 Å². The van der Waals surface area contributed by atoms with Crippen molar-refractivity contribution in [2.24, 2.45) is 0 Å². The maximum atomic E-state index is 12.1. The molecule has 4 nitrogen and oxygen atoms in total. The summed E-state index contributed by atoms with van der Waals surface area (Å²) in [4.78, 5) is 12.1. The molecule has 0 bridgehead atoms. The second-order valence-corrected chi connectivity index (χ2v) is 6.20. The SMILES string of the molecule is O=C(/C=C/c1cccc(Br)c1)Nc1cccc(Cn2cccn2)c1. The van der Waals surface area contributed by atoms with E-state index in [0.717, 1.165) is 21.3 Å². The van der Waals surface area contributed by atoms with Gasteiger partial charge in [0.05, 0.1) is 6.54 Å². The first-order valence-electron chi connectivity index (χ1n) is 7.50. The highest BCUT2D eigenvalue weighted by molar-refractivity contribution is 9.10. The summed E-state index contributed by atoms with van der Waals surface area (Å²) in [5.74, 6) is -0.161. The van der Waals surface area contributed by atoms with Gasteiger partial charge >= 0.3 is 0 Å². The molecule has 0 aliphatic heterocycles. The topological polar surface area (TPSA) is 46.9 Å². The molecule has 5 heteroatoms. The standard InChI is InChI=1S/C19H16BrN3O/c20-17-6-1-4-15(12-17)8-9-19(24)22-18-7-2-5-16(13-18)14-23-11-3-10-21-23/h1-13H,14H2,(H,22,24)/b9-8+. The molecule has 0 atom stereocenters. The highest BCUT2D eigenvalue weighted by atomic mass is 79.9. The molecule has 120 valence electrons. The summed E-state index contributed by atoms with van der Waals surface area (Å²) in [7, 11) is 0. The summed E-state index contributed by atoms with van der Waals surface area (Å²) in [6.45, 7) is 0.671. The Balaban J connectivity index is 1.64. The quantitative estimate of drug-likeness (QED) is 0.667. The molecular formula is C19H16BrN3O. The van der Waals surface area contributed by atoms with Gasteiger partial charge in [-0.05, 0) is 47.5 Å². The molecule has 1 amide bonds. The van der Waals surface area contributed by atoms with Gasteiger partial charge in [0.15, 0.2) is 0 Å². The first-order valence-corrected chi connectivity index (χ1v) is 8.29. The van der Waals surface area contributed by atoms with E-state index in [1.807, 2.05) is 65.5 Å². The molecule has 0 spiro atoms. The highest BCUT2D eigenvalue weighted by Gasteiger charge is 2.01. The lowest BCUT2D eigenvalue weighted by atomic mass is 10.2. The zero-order valence-electron chi connectivity index (χ0n) is 12.9. The molecule has 1 N–H and O–H groups in total. The summed E-state index contributed by atoms with van der Waals surface area (Å²) < 4.78 is 2.82. The second-order valence-electron chi connectivity index (χ2n) is 5.28. The number of carbonyl (C=O) groups excluding carboxylic acids is 1. The number of anilines is 1. The third-order valence-corrected chi connectivity index (χ3v) is 3.87. The van der Waals surface area contributed by atoms with Crippen molar-refractivity contribution in [2.75, 3.05) is 5.32 Å². The summed E-state index contributed by atoms with van der Waals surface area (Å²) in [6.07, 6.45) is 6.97. The smallest absolute Gasteiger partial charge is 0.248 e. The monoisotopic (exact) mass is 381 g/mol. The molecule has 24 heavy (non-hydrogen) atoms. The molecular weight excluding hydrogens is 366 g/mol. The first-order chi connectivity index (χ1) is 11.7. The number of halogens is 1. The zero-order chi connectivity index (χ0) is 16.8. The Labute approximate surface area is 149 Å². The summed E-state index contributed by atoms with van der Waals surface area (Å²) >= 11 is 3.41. The minimum absolute atomic E-state index is 0.161. The minimum Gasteiger partial charge on any atom is -0.323 e. The summed E-state index contributed by atoms with van der Waals surface area (Å²) in [5.41, 5.74) is 2.81. The van der Waals surface area contributed by atoms with Gasteiger partial charge in [-0.3, -0.25) is 9.48 Å². The lowest BCUT2D eigenvalue weighted by Gasteiger charge is -2.06. The van der Waals surface area contributed by atoms with E-state index in [4.69, 9.17) is 0 Å². The number of rotatable bonds is 5. The highest BCUT2D eigenvalue weighted by Crippen LogP contribution is 2.14. The molecule has 0 radical (unpaired) electrons. The molecule has 2 aromatic carbocycles. The van der Waals surface area contributed by atoms with E-state index in [0.29, 0.717) is 6.54 Å². The van der Waals surface area contributed by atoms with Crippen LogP contribution < -0.4 is 5.32 Å². The number of benzene rings is 2. The van der Waals surface area contributed by atoms with Crippen molar-refractivity contribution in [2.45, 2.75) is 6.54 Å². The predicted molar refractivity (Wildman–Crippen MR) is 99.6 cm³/mol. The van der Waals surface area contributed by atoms with E-state index >= 15 is 0 Å². The molecule has 0 fully saturated rings. The maximum absolute atomic E-state index is 12.1. The fraction of sp³-hybridized carbons (Fsp3) is 0.0526. The van der Waals surface area contributed by atoms with Crippen LogP contribution >= 0.6 is 15.9 Å². The average molecular weight is 382 g/mol. The number of carbonyl (C=O) groups is 1. The molecule has 0 aliphatic carbocycles. The van der Waals surface area contributed by atoms with Crippen LogP contribution in [0, 0.1) is 0 Å². The number of amides is 1. The van der Waals surface area contributed by atoms with Gasteiger partial charge in [0.1, 0.15) is 0 Å². The van der Waals surface area contributed by atoms with E-state index in [1.165, 1.54) is 6.08 Å². The Morgan fingerprint density at radius 1 is 1.17 bits per heavy atom. The van der Waals surface area contributed by atoms with Crippen molar-refractivity contribution in [1.29, 1.82) is 0 Å². The zero-order valence-corrected chi connectivity index (χ0v) is 14.5. The summed E-state index contributed by atoms with van der Waals surface area (Å²) in [5, 5.41) is 7.07. The third kappa shape index (κ3) is 4.67. The van der Waals surface area contributed by atoms with Crippen LogP contribution in [0.4, 0.5) is 5.69 Å². The molecule has 1 aromatic heterocycles. The van der Waals surface area contributed by atoms with E-state index < -0.39 is 0 Å². The van der Waals surface area contributed by atoms with Gasteiger partial charge in [0.25, 0.3) is 0 Å². The van der Waals surface area contributed by atoms with Crippen LogP contribution in [0.3, 0.4) is 0 Å². The van der Waals surface area contributed by atoms with Gasteiger partial charge < -0.3 is 5.32 Å². The number of hydrogen-bond donors (Lipinski definition) is 1. The van der Waals surface area contributed by atoms with E-state index in [1.54, 1.807) is 12.3 Å². The van der Waals surface area contributed by atoms with Crippen LogP contribution in [0.5, 0.6) is 0 Å². The Kier molecular flexibility index (Phi) is 5.23. The maximum Gasteiger partial charge on any atom is 0.248 e. The predicted octanol–water partition coefficient (Wildman–Crippen LogP) is 4.35. The van der Waals surface area contributed by atoms with E-state index in [9.17, 15) is 4.79 Å². The van der Waals surface area contributed by atoms with Crippen molar-refractivity contribution >= 4 is 33.6 Å². The summed E-state index contributed by atoms with van der Waals surface area (Å²) in [6, 6.07) is 17.4. The number of hydrogen-bond acceptors (Lipinski definition) is 2. The molecule has 3 aromatic rings. The Bertz CT molecular complexity index is 857. The van der Waals surface area contributed by atoms with Gasteiger partial charge in [-0.2, -0.15) is 5.10 Å². The van der Waals surface area contributed by atoms with E-state index in [-0.39, 0.29) is 5.91 Å². The minimum atomic E-state index is -0.161. The molecule has 0 saturated carbocycles. The molecule has 0 aliphatic rings. The van der Waals surface area contributed by atoms with Crippen molar-refractivity contribution < 1.29 is 4.79 Å². The number of nitrogens with one attached hydrogen (secondary N) is 1. The fourth-order valence-electron chi connectivity index (χ4n) is 2.29.